The summed E-state index contributed by atoms with van der Waals surface area (Å²) in [4.78, 5) is 2.50. The van der Waals surface area contributed by atoms with Gasteiger partial charge in [-0.05, 0) is 24.8 Å². The standard InChI is InChI=1S/C13H24ClN3/c1-4-13(5-2)17(9-7-14)8-6-12-10-15-16(3)11-12/h10-11,13H,4-9H2,1-3H3. The number of aryl methyl sites for hydroxylation is 1. The van der Waals surface area contributed by atoms with Gasteiger partial charge in [-0.25, -0.2) is 0 Å². The van der Waals surface area contributed by atoms with Crippen molar-refractivity contribution in [1.29, 1.82) is 0 Å². The van der Waals surface area contributed by atoms with E-state index in [4.69, 9.17) is 11.6 Å². The molecule has 0 radical (unpaired) electrons. The van der Waals surface area contributed by atoms with E-state index in [2.05, 4.69) is 30.0 Å². The maximum absolute atomic E-state index is 5.88. The molecule has 0 aliphatic rings. The largest absolute Gasteiger partial charge is 0.299 e. The molecular formula is C13H24ClN3. The molecule has 0 unspecified atom stereocenters. The van der Waals surface area contributed by atoms with Gasteiger partial charge >= 0.3 is 0 Å². The van der Waals surface area contributed by atoms with Crippen molar-refractivity contribution >= 4 is 11.6 Å². The summed E-state index contributed by atoms with van der Waals surface area (Å²) in [5, 5.41) is 4.20. The summed E-state index contributed by atoms with van der Waals surface area (Å²) in [6, 6.07) is 0.658. The van der Waals surface area contributed by atoms with Gasteiger partial charge in [0.1, 0.15) is 0 Å². The third-order valence-electron chi connectivity index (χ3n) is 3.28. The van der Waals surface area contributed by atoms with Crippen molar-refractivity contribution in [2.45, 2.75) is 39.2 Å². The Morgan fingerprint density at radius 2 is 2.06 bits per heavy atom. The van der Waals surface area contributed by atoms with Crippen LogP contribution in [0.25, 0.3) is 0 Å². The third-order valence-corrected chi connectivity index (χ3v) is 3.45. The number of alkyl halides is 1. The lowest BCUT2D eigenvalue weighted by Gasteiger charge is -2.29. The topological polar surface area (TPSA) is 21.1 Å². The summed E-state index contributed by atoms with van der Waals surface area (Å²) in [6.07, 6.45) is 7.49. The molecule has 4 heteroatoms. The van der Waals surface area contributed by atoms with Gasteiger partial charge in [-0.2, -0.15) is 5.10 Å². The van der Waals surface area contributed by atoms with Crippen molar-refractivity contribution in [1.82, 2.24) is 14.7 Å². The van der Waals surface area contributed by atoms with E-state index in [0.717, 1.165) is 19.5 Å². The summed E-state index contributed by atoms with van der Waals surface area (Å²) < 4.78 is 1.86. The maximum Gasteiger partial charge on any atom is 0.0522 e. The van der Waals surface area contributed by atoms with Crippen LogP contribution >= 0.6 is 11.6 Å². The van der Waals surface area contributed by atoms with E-state index in [0.29, 0.717) is 11.9 Å². The minimum Gasteiger partial charge on any atom is -0.299 e. The molecule has 0 bridgehead atoms. The molecule has 1 aromatic heterocycles. The molecule has 0 N–H and O–H groups in total. The summed E-state index contributed by atoms with van der Waals surface area (Å²) in [7, 11) is 1.96. The minimum atomic E-state index is 0.658. The van der Waals surface area contributed by atoms with Gasteiger partial charge in [0.25, 0.3) is 0 Å². The predicted octanol–water partition coefficient (Wildman–Crippen LogP) is 2.69. The second kappa shape index (κ2) is 7.72. The highest BCUT2D eigenvalue weighted by Crippen LogP contribution is 2.10. The van der Waals surface area contributed by atoms with Crippen LogP contribution in [0.1, 0.15) is 32.3 Å². The van der Waals surface area contributed by atoms with Crippen molar-refractivity contribution < 1.29 is 0 Å². The molecule has 98 valence electrons. The highest BCUT2D eigenvalue weighted by Gasteiger charge is 2.14. The quantitative estimate of drug-likeness (QED) is 0.668. The smallest absolute Gasteiger partial charge is 0.0522 e. The lowest BCUT2D eigenvalue weighted by molar-refractivity contribution is 0.199. The second-order valence-corrected chi connectivity index (χ2v) is 4.85. The van der Waals surface area contributed by atoms with Crippen molar-refractivity contribution in [2.75, 3.05) is 19.0 Å². The average Bonchev–Trinajstić information content (AvgIpc) is 2.73. The van der Waals surface area contributed by atoms with Crippen LogP contribution in [-0.2, 0) is 13.5 Å². The van der Waals surface area contributed by atoms with Crippen LogP contribution in [0.15, 0.2) is 12.4 Å². The average molecular weight is 258 g/mol. The Labute approximate surface area is 110 Å². The van der Waals surface area contributed by atoms with Crippen LogP contribution in [0, 0.1) is 0 Å². The molecule has 1 aromatic rings. The van der Waals surface area contributed by atoms with Gasteiger partial charge in [-0.15, -0.1) is 11.6 Å². The fourth-order valence-electron chi connectivity index (χ4n) is 2.26. The first kappa shape index (κ1) is 14.5. The number of aromatic nitrogens is 2. The molecule has 0 amide bonds. The molecule has 1 heterocycles. The van der Waals surface area contributed by atoms with Crippen molar-refractivity contribution in [3.05, 3.63) is 18.0 Å². The van der Waals surface area contributed by atoms with Gasteiger partial charge in [0.05, 0.1) is 6.20 Å². The molecular weight excluding hydrogens is 234 g/mol. The van der Waals surface area contributed by atoms with Gasteiger partial charge in [0, 0.05) is 38.3 Å². The predicted molar refractivity (Wildman–Crippen MR) is 73.6 cm³/mol. The number of rotatable bonds is 8. The van der Waals surface area contributed by atoms with Gasteiger partial charge in [0.2, 0.25) is 0 Å². The summed E-state index contributed by atoms with van der Waals surface area (Å²) in [6.45, 7) is 6.55. The van der Waals surface area contributed by atoms with E-state index >= 15 is 0 Å². The summed E-state index contributed by atoms with van der Waals surface area (Å²) in [5.41, 5.74) is 1.30. The van der Waals surface area contributed by atoms with E-state index in [1.54, 1.807) is 0 Å². The Balaban J connectivity index is 2.48. The molecule has 0 aliphatic heterocycles. The second-order valence-electron chi connectivity index (χ2n) is 4.47. The first-order valence-corrected chi connectivity index (χ1v) is 7.02. The minimum absolute atomic E-state index is 0.658. The Morgan fingerprint density at radius 3 is 2.53 bits per heavy atom. The zero-order chi connectivity index (χ0) is 12.7. The molecule has 0 atom stereocenters. The molecule has 0 saturated carbocycles. The first-order chi connectivity index (χ1) is 8.21. The highest BCUT2D eigenvalue weighted by atomic mass is 35.5. The Kier molecular flexibility index (Phi) is 6.60. The van der Waals surface area contributed by atoms with Crippen LogP contribution in [0.4, 0.5) is 0 Å². The molecule has 0 fully saturated rings. The monoisotopic (exact) mass is 257 g/mol. The molecule has 1 rings (SSSR count). The number of nitrogens with zero attached hydrogens (tertiary/aromatic N) is 3. The van der Waals surface area contributed by atoms with Crippen molar-refractivity contribution in [2.24, 2.45) is 7.05 Å². The van der Waals surface area contributed by atoms with Crippen LogP contribution in [0.3, 0.4) is 0 Å². The lowest BCUT2D eigenvalue weighted by atomic mass is 10.1. The van der Waals surface area contributed by atoms with Gasteiger partial charge < -0.3 is 0 Å². The van der Waals surface area contributed by atoms with E-state index in [1.807, 2.05) is 17.9 Å². The van der Waals surface area contributed by atoms with E-state index in [1.165, 1.54) is 18.4 Å². The van der Waals surface area contributed by atoms with Crippen LogP contribution in [0.2, 0.25) is 0 Å². The normalized spacial score (nSPS) is 11.6. The molecule has 0 aromatic carbocycles. The van der Waals surface area contributed by atoms with Crippen molar-refractivity contribution in [3.8, 4) is 0 Å². The molecule has 0 saturated heterocycles. The van der Waals surface area contributed by atoms with Crippen molar-refractivity contribution in [3.63, 3.8) is 0 Å². The SMILES string of the molecule is CCC(CC)N(CCCl)CCc1cnn(C)c1. The molecule has 3 nitrogen and oxygen atoms in total. The van der Waals surface area contributed by atoms with Crippen LogP contribution in [0.5, 0.6) is 0 Å². The maximum atomic E-state index is 5.88. The van der Waals surface area contributed by atoms with E-state index < -0.39 is 0 Å². The summed E-state index contributed by atoms with van der Waals surface area (Å²) in [5.74, 6) is 0.712. The molecule has 0 aliphatic carbocycles. The van der Waals surface area contributed by atoms with E-state index in [-0.39, 0.29) is 0 Å². The zero-order valence-electron chi connectivity index (χ0n) is 11.2. The molecule has 17 heavy (non-hydrogen) atoms. The fraction of sp³-hybridized carbons (Fsp3) is 0.769. The zero-order valence-corrected chi connectivity index (χ0v) is 12.0. The van der Waals surface area contributed by atoms with E-state index in [9.17, 15) is 0 Å². The van der Waals surface area contributed by atoms with Crippen LogP contribution in [-0.4, -0.2) is 39.7 Å². The van der Waals surface area contributed by atoms with Gasteiger partial charge in [-0.1, -0.05) is 13.8 Å². The fourth-order valence-corrected chi connectivity index (χ4v) is 2.48. The number of halogens is 1. The molecule has 0 spiro atoms. The first-order valence-electron chi connectivity index (χ1n) is 6.48. The van der Waals surface area contributed by atoms with Crippen LogP contribution < -0.4 is 0 Å². The number of hydrogen-bond donors (Lipinski definition) is 0. The number of hydrogen-bond acceptors (Lipinski definition) is 2. The highest BCUT2D eigenvalue weighted by molar-refractivity contribution is 6.18. The lowest BCUT2D eigenvalue weighted by Crippen LogP contribution is -2.37. The Morgan fingerprint density at radius 1 is 1.35 bits per heavy atom. The Hall–Kier alpha value is -0.540. The third kappa shape index (κ3) is 4.68. The van der Waals surface area contributed by atoms with Gasteiger partial charge in [0.15, 0.2) is 0 Å². The van der Waals surface area contributed by atoms with Gasteiger partial charge in [-0.3, -0.25) is 9.58 Å². The Bertz CT molecular complexity index is 307. The summed E-state index contributed by atoms with van der Waals surface area (Å²) >= 11 is 5.88.